The Hall–Kier alpha value is -3.01. The second-order valence-electron chi connectivity index (χ2n) is 6.23. The lowest BCUT2D eigenvalue weighted by Gasteiger charge is -2.17. The van der Waals surface area contributed by atoms with Gasteiger partial charge in [0.15, 0.2) is 5.84 Å². The number of anilines is 1. The minimum Gasteiger partial charge on any atom is -0.466 e. The van der Waals surface area contributed by atoms with Gasteiger partial charge in [-0.25, -0.2) is 4.79 Å². The number of hydrogen-bond acceptors (Lipinski definition) is 6. The topological polar surface area (TPSA) is 146 Å². The van der Waals surface area contributed by atoms with Crippen molar-refractivity contribution in [2.75, 3.05) is 24.6 Å². The Kier molecular flexibility index (Phi) is 9.73. The van der Waals surface area contributed by atoms with Gasteiger partial charge in [0.1, 0.15) is 6.04 Å². The summed E-state index contributed by atoms with van der Waals surface area (Å²) in [4.78, 5) is 37.4. The van der Waals surface area contributed by atoms with Crippen LogP contribution in [0.2, 0.25) is 0 Å². The molecule has 11 heteroatoms. The minimum absolute atomic E-state index is 0. The molecule has 3 amide bonds. The van der Waals surface area contributed by atoms with Gasteiger partial charge in [-0.3, -0.25) is 9.59 Å². The first-order valence-corrected chi connectivity index (χ1v) is 9.05. The fourth-order valence-corrected chi connectivity index (χ4v) is 2.72. The lowest BCUT2D eigenvalue weighted by Crippen LogP contribution is -2.46. The summed E-state index contributed by atoms with van der Waals surface area (Å²) in [5.41, 5.74) is 6.71. The quantitative estimate of drug-likeness (QED) is 0.160. The van der Waals surface area contributed by atoms with E-state index in [0.717, 1.165) is 6.42 Å². The van der Waals surface area contributed by atoms with Gasteiger partial charge >= 0.3 is 12.0 Å². The van der Waals surface area contributed by atoms with Crippen LogP contribution in [0.1, 0.15) is 31.7 Å². The van der Waals surface area contributed by atoms with E-state index < -0.39 is 12.1 Å². The third-order valence-electron chi connectivity index (χ3n) is 4.18. The highest BCUT2D eigenvalue weighted by atomic mass is 35.5. The molecule has 1 atom stereocenters. The summed E-state index contributed by atoms with van der Waals surface area (Å²) in [7, 11) is 0. The van der Waals surface area contributed by atoms with Crippen LogP contribution >= 0.6 is 12.4 Å². The number of esters is 1. The molecule has 2 rings (SSSR count). The zero-order chi connectivity index (χ0) is 20.5. The first-order valence-electron chi connectivity index (χ1n) is 9.05. The molecule has 10 nitrogen and oxygen atoms in total. The van der Waals surface area contributed by atoms with Crippen LogP contribution in [0.5, 0.6) is 0 Å². The van der Waals surface area contributed by atoms with Gasteiger partial charge in [-0.05, 0) is 37.1 Å². The highest BCUT2D eigenvalue weighted by Gasteiger charge is 2.33. The number of carbonyl (C=O) groups excluding carboxylic acids is 3. The number of amidine groups is 1. The Bertz CT molecular complexity index is 741. The maximum absolute atomic E-state index is 12.5. The molecular weight excluding hydrogens is 402 g/mol. The molecular formula is C18H26ClN5O5. The third-order valence-corrected chi connectivity index (χ3v) is 4.18. The van der Waals surface area contributed by atoms with Crippen molar-refractivity contribution >= 4 is 41.8 Å². The normalized spacial score (nSPS) is 16.2. The molecule has 1 aliphatic heterocycles. The van der Waals surface area contributed by atoms with Crippen molar-refractivity contribution in [3.63, 3.8) is 0 Å². The molecule has 1 aromatic rings. The van der Waals surface area contributed by atoms with Gasteiger partial charge in [0.25, 0.3) is 0 Å². The maximum atomic E-state index is 12.5. The van der Waals surface area contributed by atoms with E-state index in [0.29, 0.717) is 30.8 Å². The van der Waals surface area contributed by atoms with Crippen LogP contribution in [0.25, 0.3) is 0 Å². The monoisotopic (exact) mass is 427 g/mol. The standard InChI is InChI=1S/C18H25N5O5.ClH/c1-2-11-28-15(24)7-9-20-18(26)21-14-8-10-23(17(14)25)13-5-3-12(4-6-13)16(19)22-27;/h3-6,14,27H,2,7-11H2,1H3,(H2,19,22)(H2,20,21,26);1H/t14-;/m0./s1. The summed E-state index contributed by atoms with van der Waals surface area (Å²) in [5, 5.41) is 16.8. The molecule has 29 heavy (non-hydrogen) atoms. The molecule has 1 fully saturated rings. The van der Waals surface area contributed by atoms with Crippen LogP contribution in [0.15, 0.2) is 29.4 Å². The van der Waals surface area contributed by atoms with Crippen LogP contribution in [0, 0.1) is 0 Å². The van der Waals surface area contributed by atoms with Crippen molar-refractivity contribution in [2.45, 2.75) is 32.2 Å². The molecule has 160 valence electrons. The van der Waals surface area contributed by atoms with Crippen molar-refractivity contribution in [2.24, 2.45) is 10.9 Å². The number of nitrogens with one attached hydrogen (secondary N) is 2. The minimum atomic E-state index is -0.643. The Morgan fingerprint density at radius 2 is 2.03 bits per heavy atom. The van der Waals surface area contributed by atoms with E-state index in [1.807, 2.05) is 6.92 Å². The molecule has 1 heterocycles. The van der Waals surface area contributed by atoms with Crippen LogP contribution in [-0.4, -0.2) is 54.7 Å². The number of halogens is 1. The number of carbonyl (C=O) groups is 3. The van der Waals surface area contributed by atoms with E-state index >= 15 is 0 Å². The summed E-state index contributed by atoms with van der Waals surface area (Å²) in [6, 6.07) is 5.51. The van der Waals surface area contributed by atoms with E-state index in [1.54, 1.807) is 29.2 Å². The maximum Gasteiger partial charge on any atom is 0.315 e. The number of urea groups is 1. The Morgan fingerprint density at radius 1 is 1.34 bits per heavy atom. The van der Waals surface area contributed by atoms with Gasteiger partial charge in [-0.2, -0.15) is 0 Å². The molecule has 0 saturated carbocycles. The summed E-state index contributed by atoms with van der Waals surface area (Å²) >= 11 is 0. The highest BCUT2D eigenvalue weighted by molar-refractivity contribution is 6.02. The van der Waals surface area contributed by atoms with Gasteiger partial charge < -0.3 is 31.2 Å². The molecule has 1 aromatic carbocycles. The first kappa shape index (κ1) is 24.0. The number of benzene rings is 1. The summed E-state index contributed by atoms with van der Waals surface area (Å²) in [6.45, 7) is 2.84. The highest BCUT2D eigenvalue weighted by Crippen LogP contribution is 2.22. The molecule has 0 unspecified atom stereocenters. The lowest BCUT2D eigenvalue weighted by molar-refractivity contribution is -0.143. The van der Waals surface area contributed by atoms with E-state index in [4.69, 9.17) is 15.7 Å². The Morgan fingerprint density at radius 3 is 2.66 bits per heavy atom. The SMILES string of the molecule is CCCOC(=O)CCNC(=O)N[C@H]1CCN(c2ccc(C(N)=NO)cc2)C1=O.Cl. The number of hydrogen-bond donors (Lipinski definition) is 4. The van der Waals surface area contributed by atoms with E-state index in [2.05, 4.69) is 15.8 Å². The van der Waals surface area contributed by atoms with Crippen LogP contribution in [-0.2, 0) is 14.3 Å². The smallest absolute Gasteiger partial charge is 0.315 e. The van der Waals surface area contributed by atoms with Gasteiger partial charge in [-0.15, -0.1) is 12.4 Å². The second kappa shape index (κ2) is 11.7. The molecule has 0 radical (unpaired) electrons. The van der Waals surface area contributed by atoms with Crippen LogP contribution in [0.4, 0.5) is 10.5 Å². The fourth-order valence-electron chi connectivity index (χ4n) is 2.72. The van der Waals surface area contributed by atoms with Gasteiger partial charge in [0, 0.05) is 24.3 Å². The van der Waals surface area contributed by atoms with E-state index in [1.165, 1.54) is 0 Å². The molecule has 1 aliphatic rings. The molecule has 0 bridgehead atoms. The number of nitrogens with zero attached hydrogens (tertiary/aromatic N) is 2. The van der Waals surface area contributed by atoms with Crippen molar-refractivity contribution < 1.29 is 24.3 Å². The van der Waals surface area contributed by atoms with Gasteiger partial charge in [0.05, 0.1) is 13.0 Å². The Balaban J connectivity index is 0.00000420. The number of nitrogens with two attached hydrogens (primary N) is 1. The van der Waals surface area contributed by atoms with Crippen molar-refractivity contribution in [1.82, 2.24) is 10.6 Å². The molecule has 5 N–H and O–H groups in total. The van der Waals surface area contributed by atoms with E-state index in [-0.39, 0.29) is 43.1 Å². The van der Waals surface area contributed by atoms with Gasteiger partial charge in [0.2, 0.25) is 5.91 Å². The second-order valence-corrected chi connectivity index (χ2v) is 6.23. The fraction of sp³-hybridized carbons (Fsp3) is 0.444. The predicted octanol–water partition coefficient (Wildman–Crippen LogP) is 0.951. The number of rotatable bonds is 8. The van der Waals surface area contributed by atoms with Gasteiger partial charge in [-0.1, -0.05) is 12.1 Å². The molecule has 1 saturated heterocycles. The largest absolute Gasteiger partial charge is 0.466 e. The lowest BCUT2D eigenvalue weighted by atomic mass is 10.2. The summed E-state index contributed by atoms with van der Waals surface area (Å²) in [5.74, 6) is -0.622. The number of oxime groups is 1. The summed E-state index contributed by atoms with van der Waals surface area (Å²) in [6.07, 6.45) is 1.28. The van der Waals surface area contributed by atoms with E-state index in [9.17, 15) is 14.4 Å². The average molecular weight is 428 g/mol. The molecule has 0 aromatic heterocycles. The first-order chi connectivity index (χ1) is 13.5. The Labute approximate surface area is 174 Å². The average Bonchev–Trinajstić information content (AvgIpc) is 3.06. The third kappa shape index (κ3) is 6.83. The molecule has 0 aliphatic carbocycles. The van der Waals surface area contributed by atoms with Crippen LogP contribution < -0.4 is 21.3 Å². The zero-order valence-corrected chi connectivity index (χ0v) is 16.9. The van der Waals surface area contributed by atoms with Crippen molar-refractivity contribution in [1.29, 1.82) is 0 Å². The van der Waals surface area contributed by atoms with Crippen molar-refractivity contribution in [3.05, 3.63) is 29.8 Å². The predicted molar refractivity (Wildman–Crippen MR) is 109 cm³/mol. The number of amides is 3. The van der Waals surface area contributed by atoms with Crippen LogP contribution in [0.3, 0.4) is 0 Å². The number of ether oxygens (including phenoxy) is 1. The molecule has 0 spiro atoms. The van der Waals surface area contributed by atoms with Crippen molar-refractivity contribution in [3.8, 4) is 0 Å². The summed E-state index contributed by atoms with van der Waals surface area (Å²) < 4.78 is 4.92. The zero-order valence-electron chi connectivity index (χ0n) is 16.1.